The van der Waals surface area contributed by atoms with Crippen LogP contribution < -0.4 is 5.32 Å². The van der Waals surface area contributed by atoms with Crippen molar-refractivity contribution in [2.24, 2.45) is 0 Å². The molecule has 1 saturated carbocycles. The maximum absolute atomic E-state index is 12.2. The summed E-state index contributed by atoms with van der Waals surface area (Å²) in [7, 11) is 0. The summed E-state index contributed by atoms with van der Waals surface area (Å²) < 4.78 is 5.31. The molecule has 6 nitrogen and oxygen atoms in total. The SMILES string of the molecule is CSC1CCCC(NC(=O)N2CC(C)(OCC(=O)O)C2)C1. The van der Waals surface area contributed by atoms with E-state index in [1.54, 1.807) is 4.90 Å². The van der Waals surface area contributed by atoms with E-state index in [9.17, 15) is 9.59 Å². The highest BCUT2D eigenvalue weighted by Crippen LogP contribution is 2.28. The average Bonchev–Trinajstić information content (AvgIpc) is 2.42. The summed E-state index contributed by atoms with van der Waals surface area (Å²) in [6.45, 7) is 2.42. The number of thioether (sulfide) groups is 1. The highest BCUT2D eigenvalue weighted by molar-refractivity contribution is 7.99. The van der Waals surface area contributed by atoms with Gasteiger partial charge in [-0.1, -0.05) is 6.42 Å². The molecule has 1 aliphatic carbocycles. The Labute approximate surface area is 129 Å². The number of rotatable bonds is 5. The Morgan fingerprint density at radius 2 is 2.14 bits per heavy atom. The molecule has 120 valence electrons. The summed E-state index contributed by atoms with van der Waals surface area (Å²) >= 11 is 1.87. The van der Waals surface area contributed by atoms with Crippen LogP contribution in [0.1, 0.15) is 32.6 Å². The van der Waals surface area contributed by atoms with Crippen LogP contribution in [0.25, 0.3) is 0 Å². The molecule has 21 heavy (non-hydrogen) atoms. The fourth-order valence-electron chi connectivity index (χ4n) is 2.99. The van der Waals surface area contributed by atoms with Crippen molar-refractivity contribution >= 4 is 23.8 Å². The Morgan fingerprint density at radius 1 is 1.43 bits per heavy atom. The van der Waals surface area contributed by atoms with Crippen LogP contribution >= 0.6 is 11.8 Å². The van der Waals surface area contributed by atoms with Gasteiger partial charge in [-0.15, -0.1) is 0 Å². The third-order valence-corrected chi connectivity index (χ3v) is 5.26. The minimum absolute atomic E-state index is 0.0573. The second-order valence-electron chi connectivity index (χ2n) is 6.16. The molecular formula is C14H24N2O4S. The minimum Gasteiger partial charge on any atom is -0.480 e. The Morgan fingerprint density at radius 3 is 2.76 bits per heavy atom. The first kappa shape index (κ1) is 16.4. The van der Waals surface area contributed by atoms with Crippen molar-refractivity contribution in [3.05, 3.63) is 0 Å². The lowest BCUT2D eigenvalue weighted by Gasteiger charge is -2.47. The lowest BCUT2D eigenvalue weighted by molar-refractivity contribution is -0.159. The maximum Gasteiger partial charge on any atom is 0.329 e. The molecule has 0 aromatic carbocycles. The molecule has 0 aromatic rings. The number of amides is 2. The summed E-state index contributed by atoms with van der Waals surface area (Å²) in [5.74, 6) is -0.982. The van der Waals surface area contributed by atoms with Gasteiger partial charge in [0.25, 0.3) is 0 Å². The Kier molecular flexibility index (Phi) is 5.37. The first-order valence-electron chi connectivity index (χ1n) is 7.36. The number of carboxylic acid groups (broad SMARTS) is 1. The standard InChI is InChI=1S/C14H24N2O4S/c1-14(20-7-12(17)18)8-16(9-14)13(19)15-10-4-3-5-11(6-10)21-2/h10-11H,3-9H2,1-2H3,(H,15,19)(H,17,18). The van der Waals surface area contributed by atoms with Gasteiger partial charge < -0.3 is 20.1 Å². The van der Waals surface area contributed by atoms with Crippen LogP contribution in [0.15, 0.2) is 0 Å². The van der Waals surface area contributed by atoms with Gasteiger partial charge in [0.2, 0.25) is 0 Å². The molecule has 1 aliphatic heterocycles. The van der Waals surface area contributed by atoms with E-state index in [1.165, 1.54) is 6.42 Å². The fraction of sp³-hybridized carbons (Fsp3) is 0.857. The van der Waals surface area contributed by atoms with E-state index in [0.29, 0.717) is 18.3 Å². The predicted molar refractivity (Wildman–Crippen MR) is 81.7 cm³/mol. The van der Waals surface area contributed by atoms with Gasteiger partial charge in [-0.05, 0) is 32.4 Å². The molecule has 1 saturated heterocycles. The van der Waals surface area contributed by atoms with Gasteiger partial charge in [-0.3, -0.25) is 0 Å². The molecule has 1 heterocycles. The monoisotopic (exact) mass is 316 g/mol. The molecule has 2 N–H and O–H groups in total. The fourth-order valence-corrected chi connectivity index (χ4v) is 3.82. The van der Waals surface area contributed by atoms with E-state index in [1.807, 2.05) is 18.7 Å². The summed E-state index contributed by atoms with van der Waals surface area (Å²) in [6.07, 6.45) is 6.60. The van der Waals surface area contributed by atoms with E-state index in [-0.39, 0.29) is 18.7 Å². The Hall–Kier alpha value is -0.950. The van der Waals surface area contributed by atoms with Crippen molar-refractivity contribution in [1.82, 2.24) is 10.2 Å². The van der Waals surface area contributed by atoms with Gasteiger partial charge in [-0.25, -0.2) is 9.59 Å². The number of ether oxygens (including phenoxy) is 1. The predicted octanol–water partition coefficient (Wildman–Crippen LogP) is 1.55. The van der Waals surface area contributed by atoms with Crippen LogP contribution in [0, 0.1) is 0 Å². The van der Waals surface area contributed by atoms with Crippen molar-refractivity contribution in [2.45, 2.75) is 49.5 Å². The molecule has 2 amide bonds. The van der Waals surface area contributed by atoms with Gasteiger partial charge in [0.05, 0.1) is 13.1 Å². The first-order chi connectivity index (χ1) is 9.92. The minimum atomic E-state index is -0.982. The van der Waals surface area contributed by atoms with E-state index in [0.717, 1.165) is 19.3 Å². The van der Waals surface area contributed by atoms with Crippen LogP contribution in [0.2, 0.25) is 0 Å². The number of aliphatic carboxylic acids is 1. The lowest BCUT2D eigenvalue weighted by atomic mass is 9.94. The molecule has 0 aromatic heterocycles. The van der Waals surface area contributed by atoms with Crippen molar-refractivity contribution < 1.29 is 19.4 Å². The molecule has 2 rings (SSSR count). The number of urea groups is 1. The van der Waals surface area contributed by atoms with Gasteiger partial charge >= 0.3 is 12.0 Å². The zero-order valence-corrected chi connectivity index (χ0v) is 13.4. The summed E-state index contributed by atoms with van der Waals surface area (Å²) in [4.78, 5) is 24.3. The third kappa shape index (κ3) is 4.51. The smallest absolute Gasteiger partial charge is 0.329 e. The van der Waals surface area contributed by atoms with Crippen molar-refractivity contribution in [1.29, 1.82) is 0 Å². The van der Waals surface area contributed by atoms with Crippen LogP contribution in [-0.2, 0) is 9.53 Å². The van der Waals surface area contributed by atoms with Crippen LogP contribution in [0.3, 0.4) is 0 Å². The summed E-state index contributed by atoms with van der Waals surface area (Å²) in [6, 6.07) is 0.202. The Bertz CT molecular complexity index is 398. The number of hydrogen-bond acceptors (Lipinski definition) is 4. The van der Waals surface area contributed by atoms with E-state index in [4.69, 9.17) is 9.84 Å². The molecule has 2 unspecified atom stereocenters. The van der Waals surface area contributed by atoms with Crippen molar-refractivity contribution in [3.8, 4) is 0 Å². The number of likely N-dealkylation sites (tertiary alicyclic amines) is 1. The molecule has 2 aliphatic rings. The highest BCUT2D eigenvalue weighted by Gasteiger charge is 2.43. The van der Waals surface area contributed by atoms with Gasteiger partial charge in [0.15, 0.2) is 0 Å². The van der Waals surface area contributed by atoms with Crippen LogP contribution in [0.5, 0.6) is 0 Å². The average molecular weight is 316 g/mol. The zero-order chi connectivity index (χ0) is 15.5. The second kappa shape index (κ2) is 6.87. The lowest BCUT2D eigenvalue weighted by Crippen LogP contribution is -2.66. The molecule has 2 fully saturated rings. The van der Waals surface area contributed by atoms with E-state index >= 15 is 0 Å². The second-order valence-corrected chi connectivity index (χ2v) is 7.30. The normalized spacial score (nSPS) is 27.8. The van der Waals surface area contributed by atoms with E-state index in [2.05, 4.69) is 11.6 Å². The van der Waals surface area contributed by atoms with Crippen molar-refractivity contribution in [2.75, 3.05) is 26.0 Å². The molecule has 2 atom stereocenters. The number of nitrogens with zero attached hydrogens (tertiary/aromatic N) is 1. The van der Waals surface area contributed by atoms with Gasteiger partial charge in [0, 0.05) is 11.3 Å². The maximum atomic E-state index is 12.2. The number of nitrogens with one attached hydrogen (secondary N) is 1. The van der Waals surface area contributed by atoms with Crippen LogP contribution in [0.4, 0.5) is 4.79 Å². The molecule has 0 radical (unpaired) electrons. The first-order valence-corrected chi connectivity index (χ1v) is 8.64. The largest absolute Gasteiger partial charge is 0.480 e. The quantitative estimate of drug-likeness (QED) is 0.804. The molecular weight excluding hydrogens is 292 g/mol. The summed E-state index contributed by atoms with van der Waals surface area (Å²) in [5, 5.41) is 12.3. The number of hydrogen-bond donors (Lipinski definition) is 2. The number of carbonyl (C=O) groups is 2. The van der Waals surface area contributed by atoms with Gasteiger partial charge in [0.1, 0.15) is 12.2 Å². The third-order valence-electron chi connectivity index (χ3n) is 4.17. The summed E-state index contributed by atoms with van der Waals surface area (Å²) in [5.41, 5.74) is -0.524. The highest BCUT2D eigenvalue weighted by atomic mass is 32.2. The molecule has 7 heteroatoms. The van der Waals surface area contributed by atoms with E-state index < -0.39 is 11.6 Å². The van der Waals surface area contributed by atoms with Crippen molar-refractivity contribution in [3.63, 3.8) is 0 Å². The Balaban J connectivity index is 1.72. The number of carboxylic acids is 1. The molecule has 0 spiro atoms. The number of carbonyl (C=O) groups excluding carboxylic acids is 1. The molecule has 0 bridgehead atoms. The van der Waals surface area contributed by atoms with Crippen LogP contribution in [-0.4, -0.2) is 64.9 Å². The van der Waals surface area contributed by atoms with Gasteiger partial charge in [-0.2, -0.15) is 11.8 Å². The zero-order valence-electron chi connectivity index (χ0n) is 12.6. The topological polar surface area (TPSA) is 78.9 Å².